The Morgan fingerprint density at radius 2 is 2.31 bits per heavy atom. The molecule has 3 aliphatic carbocycles. The molecule has 0 unspecified atom stereocenters. The fourth-order valence-corrected chi connectivity index (χ4v) is 2.87. The van der Waals surface area contributed by atoms with Crippen LogP contribution in [-0.4, -0.2) is 23.2 Å². The number of carbonyl (C=O) groups is 1. The minimum atomic E-state index is -1.02. The molecule has 3 aliphatic rings. The van der Waals surface area contributed by atoms with Crippen molar-refractivity contribution in [2.24, 2.45) is 0 Å². The van der Waals surface area contributed by atoms with E-state index in [-0.39, 0.29) is 11.1 Å². The van der Waals surface area contributed by atoms with E-state index < -0.39 is 11.6 Å². The van der Waals surface area contributed by atoms with E-state index in [4.69, 9.17) is 9.15 Å². The topological polar surface area (TPSA) is 52.3 Å². The zero-order valence-corrected chi connectivity index (χ0v) is 8.96. The highest BCUT2D eigenvalue weighted by Crippen LogP contribution is 2.70. The highest BCUT2D eigenvalue weighted by molar-refractivity contribution is 5.88. The van der Waals surface area contributed by atoms with Gasteiger partial charge in [0.2, 0.25) is 0 Å². The Hall–Kier alpha value is -1.39. The summed E-state index contributed by atoms with van der Waals surface area (Å²) in [5.41, 5.74) is -1.09. The predicted octanol–water partition coefficient (Wildman–Crippen LogP) is 1.99. The largest absolute Gasteiger partial charge is 0.461 e. The molecule has 3 fully saturated rings. The molecule has 5 heteroatoms. The summed E-state index contributed by atoms with van der Waals surface area (Å²) in [7, 11) is 0. The van der Waals surface area contributed by atoms with Gasteiger partial charge in [-0.15, -0.1) is 0 Å². The molecule has 0 aliphatic heterocycles. The highest BCUT2D eigenvalue weighted by atomic mass is 19.1. The van der Waals surface area contributed by atoms with E-state index in [1.54, 1.807) is 6.92 Å². The minimum absolute atomic E-state index is 0.212. The van der Waals surface area contributed by atoms with Crippen LogP contribution in [0.5, 0.6) is 0 Å². The summed E-state index contributed by atoms with van der Waals surface area (Å²) < 4.78 is 23.5. The zero-order chi connectivity index (χ0) is 11.4. The Kier molecular flexibility index (Phi) is 1.74. The summed E-state index contributed by atoms with van der Waals surface area (Å²) in [4.78, 5) is 15.4. The van der Waals surface area contributed by atoms with Gasteiger partial charge in [-0.05, 0) is 26.2 Å². The number of nitrogens with zero attached hydrogens (tertiary/aromatic N) is 1. The molecular weight excluding hydrogens is 213 g/mol. The number of esters is 1. The van der Waals surface area contributed by atoms with Crippen LogP contribution >= 0.6 is 0 Å². The molecule has 16 heavy (non-hydrogen) atoms. The summed E-state index contributed by atoms with van der Waals surface area (Å²) in [6.45, 7) is 2.03. The first-order valence-electron chi connectivity index (χ1n) is 5.39. The molecule has 1 aromatic rings. The van der Waals surface area contributed by atoms with Gasteiger partial charge in [-0.25, -0.2) is 14.2 Å². The van der Waals surface area contributed by atoms with Crippen molar-refractivity contribution in [3.05, 3.63) is 17.8 Å². The van der Waals surface area contributed by atoms with Crippen LogP contribution < -0.4 is 0 Å². The van der Waals surface area contributed by atoms with Crippen LogP contribution in [0.3, 0.4) is 0 Å². The van der Waals surface area contributed by atoms with Crippen molar-refractivity contribution in [1.82, 2.24) is 4.98 Å². The molecule has 4 rings (SSSR count). The second-order valence-electron chi connectivity index (χ2n) is 4.71. The van der Waals surface area contributed by atoms with Crippen LogP contribution in [0.15, 0.2) is 10.8 Å². The third kappa shape index (κ3) is 1.08. The van der Waals surface area contributed by atoms with E-state index in [2.05, 4.69) is 4.98 Å². The minimum Gasteiger partial charge on any atom is -0.461 e. The van der Waals surface area contributed by atoms with Crippen LogP contribution in [0.25, 0.3) is 0 Å². The van der Waals surface area contributed by atoms with Crippen LogP contribution in [0, 0.1) is 0 Å². The van der Waals surface area contributed by atoms with E-state index in [0.29, 0.717) is 31.6 Å². The lowest BCUT2D eigenvalue weighted by molar-refractivity contribution is -0.167. The molecule has 0 aromatic carbocycles. The number of rotatable bonds is 3. The fraction of sp³-hybridized carbons (Fsp3) is 0.636. The highest BCUT2D eigenvalue weighted by Gasteiger charge is 2.72. The van der Waals surface area contributed by atoms with Crippen LogP contribution in [0.4, 0.5) is 4.39 Å². The number of aromatic nitrogens is 1. The van der Waals surface area contributed by atoms with E-state index in [9.17, 15) is 9.18 Å². The number of oxazole rings is 1. The maximum Gasteiger partial charge on any atom is 0.360 e. The Morgan fingerprint density at radius 3 is 2.88 bits per heavy atom. The van der Waals surface area contributed by atoms with Crippen LogP contribution in [-0.2, 0) is 10.2 Å². The average molecular weight is 225 g/mol. The first kappa shape index (κ1) is 9.81. The smallest absolute Gasteiger partial charge is 0.360 e. The van der Waals surface area contributed by atoms with Crippen molar-refractivity contribution >= 4 is 5.97 Å². The Labute approximate surface area is 91.8 Å². The van der Waals surface area contributed by atoms with Gasteiger partial charge in [-0.1, -0.05) is 0 Å². The fourth-order valence-electron chi connectivity index (χ4n) is 2.87. The number of ether oxygens (including phenoxy) is 1. The zero-order valence-electron chi connectivity index (χ0n) is 8.96. The van der Waals surface area contributed by atoms with Gasteiger partial charge in [0.1, 0.15) is 11.4 Å². The molecule has 0 N–H and O–H groups in total. The van der Waals surface area contributed by atoms with Gasteiger partial charge in [0.05, 0.1) is 6.61 Å². The molecular formula is C11H12FNO3. The molecule has 3 saturated carbocycles. The number of carbonyl (C=O) groups excluding carboxylic acids is 1. The van der Waals surface area contributed by atoms with Crippen molar-refractivity contribution < 1.29 is 18.3 Å². The molecule has 0 radical (unpaired) electrons. The number of hydrogen-bond donors (Lipinski definition) is 0. The molecule has 0 spiro atoms. The summed E-state index contributed by atoms with van der Waals surface area (Å²) in [6, 6.07) is 0. The first-order chi connectivity index (χ1) is 7.59. The lowest BCUT2D eigenvalue weighted by Crippen LogP contribution is -2.67. The van der Waals surface area contributed by atoms with Crippen molar-refractivity contribution in [2.75, 3.05) is 6.61 Å². The average Bonchev–Trinajstić information content (AvgIpc) is 2.60. The van der Waals surface area contributed by atoms with Gasteiger partial charge < -0.3 is 9.15 Å². The third-order valence-corrected chi connectivity index (χ3v) is 3.48. The second kappa shape index (κ2) is 2.84. The Balaban J connectivity index is 1.87. The summed E-state index contributed by atoms with van der Waals surface area (Å²) in [6.07, 6.45) is 2.57. The van der Waals surface area contributed by atoms with Crippen LogP contribution in [0.1, 0.15) is 42.4 Å². The SMILES string of the molecule is CCOC(=O)c1ncoc1C12CC(F)(C1)C2. The van der Waals surface area contributed by atoms with Gasteiger partial charge in [-0.3, -0.25) is 0 Å². The molecule has 0 atom stereocenters. The maximum absolute atomic E-state index is 13.4. The predicted molar refractivity (Wildman–Crippen MR) is 51.8 cm³/mol. The van der Waals surface area contributed by atoms with Crippen molar-refractivity contribution in [3.8, 4) is 0 Å². The second-order valence-corrected chi connectivity index (χ2v) is 4.71. The van der Waals surface area contributed by atoms with E-state index in [1.165, 1.54) is 6.39 Å². The number of halogens is 1. The standard InChI is InChI=1S/C11H12FNO3/c1-2-15-9(14)7-8(16-6-13-7)10-3-11(12,4-10)5-10/h6H,2-5H2,1H3. The molecule has 2 bridgehead atoms. The van der Waals surface area contributed by atoms with E-state index in [0.717, 1.165) is 0 Å². The van der Waals surface area contributed by atoms with Gasteiger partial charge in [0.25, 0.3) is 0 Å². The Bertz CT molecular complexity index is 434. The van der Waals surface area contributed by atoms with Gasteiger partial charge >= 0.3 is 5.97 Å². The Morgan fingerprint density at radius 1 is 1.62 bits per heavy atom. The molecule has 0 saturated heterocycles. The first-order valence-corrected chi connectivity index (χ1v) is 5.39. The molecule has 1 heterocycles. The quantitative estimate of drug-likeness (QED) is 0.738. The molecule has 4 nitrogen and oxygen atoms in total. The van der Waals surface area contributed by atoms with Gasteiger partial charge in [0, 0.05) is 5.41 Å². The van der Waals surface area contributed by atoms with Crippen molar-refractivity contribution in [2.45, 2.75) is 37.3 Å². The summed E-state index contributed by atoms with van der Waals surface area (Å²) >= 11 is 0. The van der Waals surface area contributed by atoms with Gasteiger partial charge in [0.15, 0.2) is 12.1 Å². The van der Waals surface area contributed by atoms with Crippen molar-refractivity contribution in [3.63, 3.8) is 0 Å². The summed E-state index contributed by atoms with van der Waals surface area (Å²) in [5, 5.41) is 0. The van der Waals surface area contributed by atoms with Crippen LogP contribution in [0.2, 0.25) is 0 Å². The van der Waals surface area contributed by atoms with Crippen molar-refractivity contribution in [1.29, 1.82) is 0 Å². The monoisotopic (exact) mass is 225 g/mol. The summed E-state index contributed by atoms with van der Waals surface area (Å²) in [5.74, 6) is 0.0226. The van der Waals surface area contributed by atoms with E-state index in [1.807, 2.05) is 0 Å². The lowest BCUT2D eigenvalue weighted by atomic mass is 9.41. The molecule has 0 amide bonds. The van der Waals surface area contributed by atoms with E-state index >= 15 is 0 Å². The normalized spacial score (nSPS) is 35.1. The molecule has 1 aromatic heterocycles. The number of hydrogen-bond acceptors (Lipinski definition) is 4. The number of alkyl halides is 1. The lowest BCUT2D eigenvalue weighted by Gasteiger charge is -2.64. The maximum atomic E-state index is 13.4. The van der Waals surface area contributed by atoms with Gasteiger partial charge in [-0.2, -0.15) is 0 Å². The molecule has 86 valence electrons. The third-order valence-electron chi connectivity index (χ3n) is 3.48.